The van der Waals surface area contributed by atoms with Crippen LogP contribution in [0, 0.1) is 12.8 Å². The lowest BCUT2D eigenvalue weighted by atomic mass is 10.1. The summed E-state index contributed by atoms with van der Waals surface area (Å²) < 4.78 is 1.90. The molecule has 0 radical (unpaired) electrons. The third-order valence-corrected chi connectivity index (χ3v) is 5.84. The molecule has 1 unspecified atom stereocenters. The number of nitrogens with one attached hydrogen (secondary N) is 1. The molecule has 4 rings (SSSR count). The summed E-state index contributed by atoms with van der Waals surface area (Å²) in [4.78, 5) is 24.3. The zero-order valence-electron chi connectivity index (χ0n) is 13.8. The summed E-state index contributed by atoms with van der Waals surface area (Å²) in [5, 5.41) is 8.48. The minimum absolute atomic E-state index is 0.0387. The van der Waals surface area contributed by atoms with Crippen LogP contribution in [0.3, 0.4) is 0 Å². The van der Waals surface area contributed by atoms with Gasteiger partial charge in [-0.05, 0) is 38.5 Å². The Morgan fingerprint density at radius 2 is 2.12 bits per heavy atom. The van der Waals surface area contributed by atoms with Gasteiger partial charge in [0, 0.05) is 24.2 Å². The van der Waals surface area contributed by atoms with Crippen LogP contribution in [-0.4, -0.2) is 43.8 Å². The number of piperidine rings is 1. The first-order valence-electron chi connectivity index (χ1n) is 8.52. The van der Waals surface area contributed by atoms with E-state index >= 15 is 0 Å². The molecule has 1 saturated carbocycles. The summed E-state index contributed by atoms with van der Waals surface area (Å²) >= 11 is 1.69. The number of urea groups is 1. The molecule has 1 aliphatic heterocycles. The van der Waals surface area contributed by atoms with Gasteiger partial charge < -0.3 is 10.2 Å². The van der Waals surface area contributed by atoms with Crippen molar-refractivity contribution in [3.8, 4) is 0 Å². The van der Waals surface area contributed by atoms with Crippen LogP contribution in [0.4, 0.5) is 4.79 Å². The predicted molar refractivity (Wildman–Crippen MR) is 90.7 cm³/mol. The topological polar surface area (TPSA) is 75.9 Å². The van der Waals surface area contributed by atoms with E-state index in [0.29, 0.717) is 12.0 Å². The second-order valence-corrected chi connectivity index (χ2v) is 7.93. The first-order chi connectivity index (χ1) is 11.7. The van der Waals surface area contributed by atoms with Gasteiger partial charge in [-0.15, -0.1) is 11.3 Å². The molecule has 2 aliphatic rings. The Morgan fingerprint density at radius 1 is 1.33 bits per heavy atom. The Kier molecular flexibility index (Phi) is 4.22. The molecule has 3 heterocycles. The number of hydrogen-bond acceptors (Lipinski definition) is 5. The van der Waals surface area contributed by atoms with E-state index in [-0.39, 0.29) is 12.1 Å². The predicted octanol–water partition coefficient (Wildman–Crippen LogP) is 2.54. The van der Waals surface area contributed by atoms with Crippen LogP contribution < -0.4 is 5.32 Å². The fourth-order valence-electron chi connectivity index (χ4n) is 3.29. The maximum atomic E-state index is 12.7. The lowest BCUT2D eigenvalue weighted by molar-refractivity contribution is 0.164. The van der Waals surface area contributed by atoms with Gasteiger partial charge in [-0.1, -0.05) is 0 Å². The van der Waals surface area contributed by atoms with Crippen LogP contribution in [0.2, 0.25) is 0 Å². The molecule has 0 aromatic carbocycles. The van der Waals surface area contributed by atoms with Gasteiger partial charge in [0.05, 0.1) is 12.1 Å². The van der Waals surface area contributed by atoms with Crippen LogP contribution in [0.15, 0.2) is 18.9 Å². The number of hydrogen-bond donors (Lipinski definition) is 1. The third kappa shape index (κ3) is 3.28. The van der Waals surface area contributed by atoms with Gasteiger partial charge in [0.25, 0.3) is 0 Å². The molecule has 2 aromatic heterocycles. The second-order valence-electron chi connectivity index (χ2n) is 6.67. The maximum Gasteiger partial charge on any atom is 0.317 e. The monoisotopic (exact) mass is 346 g/mol. The molecule has 24 heavy (non-hydrogen) atoms. The van der Waals surface area contributed by atoms with Gasteiger partial charge in [-0.2, -0.15) is 5.10 Å². The van der Waals surface area contributed by atoms with Crippen molar-refractivity contribution in [3.63, 3.8) is 0 Å². The van der Waals surface area contributed by atoms with E-state index in [1.165, 1.54) is 17.7 Å². The fourth-order valence-corrected chi connectivity index (χ4v) is 4.21. The zero-order valence-corrected chi connectivity index (χ0v) is 14.6. The number of carbonyl (C=O) groups is 1. The van der Waals surface area contributed by atoms with E-state index in [2.05, 4.69) is 27.3 Å². The van der Waals surface area contributed by atoms with Crippen molar-refractivity contribution in [2.75, 3.05) is 13.1 Å². The third-order valence-electron chi connectivity index (χ3n) is 4.84. The summed E-state index contributed by atoms with van der Waals surface area (Å²) in [6, 6.07) is 0.457. The van der Waals surface area contributed by atoms with Crippen molar-refractivity contribution in [2.24, 2.45) is 5.92 Å². The average molecular weight is 346 g/mol. The minimum atomic E-state index is 0.0387. The smallest absolute Gasteiger partial charge is 0.317 e. The Balaban J connectivity index is 1.36. The lowest BCUT2D eigenvalue weighted by Gasteiger charge is -2.33. The standard InChI is InChI=1S/C16H22N6OS/c1-11-8-18-15(24-11)14(12-2-3-12)20-16(23)21-6-4-13(5-7-21)22-10-17-9-19-22/h8-10,12-14H,2-7H2,1H3,(H,20,23). The SMILES string of the molecule is Cc1cnc(C(NC(=O)N2CCC(n3cncn3)CC2)C2CC2)s1. The maximum absolute atomic E-state index is 12.7. The number of aryl methyl sites for hydroxylation is 1. The first-order valence-corrected chi connectivity index (χ1v) is 9.34. The molecule has 128 valence electrons. The van der Waals surface area contributed by atoms with Gasteiger partial charge in [0.1, 0.15) is 17.7 Å². The number of carbonyl (C=O) groups excluding carboxylic acids is 1. The molecule has 2 fully saturated rings. The van der Waals surface area contributed by atoms with Crippen molar-refractivity contribution in [3.05, 3.63) is 28.7 Å². The summed E-state index contributed by atoms with van der Waals surface area (Å²) in [6.07, 6.45) is 9.41. The quantitative estimate of drug-likeness (QED) is 0.923. The Morgan fingerprint density at radius 3 is 2.71 bits per heavy atom. The molecule has 1 aliphatic carbocycles. The largest absolute Gasteiger partial charge is 0.328 e. The number of amides is 2. The lowest BCUT2D eigenvalue weighted by Crippen LogP contribution is -2.46. The van der Waals surface area contributed by atoms with E-state index in [4.69, 9.17) is 0 Å². The van der Waals surface area contributed by atoms with Crippen molar-refractivity contribution in [2.45, 2.75) is 44.7 Å². The van der Waals surface area contributed by atoms with E-state index in [1.54, 1.807) is 24.0 Å². The van der Waals surface area contributed by atoms with Crippen molar-refractivity contribution >= 4 is 17.4 Å². The van der Waals surface area contributed by atoms with Crippen molar-refractivity contribution in [1.82, 2.24) is 30.0 Å². The van der Waals surface area contributed by atoms with E-state index < -0.39 is 0 Å². The highest BCUT2D eigenvalue weighted by Gasteiger charge is 2.36. The van der Waals surface area contributed by atoms with E-state index in [0.717, 1.165) is 30.9 Å². The van der Waals surface area contributed by atoms with Gasteiger partial charge in [0.15, 0.2) is 0 Å². The molecular formula is C16H22N6OS. The highest BCUT2D eigenvalue weighted by molar-refractivity contribution is 7.11. The molecule has 1 saturated heterocycles. The Bertz CT molecular complexity index is 687. The normalized spacial score (nSPS) is 20.1. The molecule has 7 nitrogen and oxygen atoms in total. The second kappa shape index (κ2) is 6.51. The number of aromatic nitrogens is 4. The number of rotatable bonds is 4. The molecule has 0 spiro atoms. The molecule has 0 bridgehead atoms. The van der Waals surface area contributed by atoms with Crippen LogP contribution in [-0.2, 0) is 0 Å². The summed E-state index contributed by atoms with van der Waals surface area (Å²) in [6.45, 7) is 3.57. The highest BCUT2D eigenvalue weighted by atomic mass is 32.1. The molecule has 1 atom stereocenters. The first kappa shape index (κ1) is 15.6. The van der Waals surface area contributed by atoms with Crippen LogP contribution in [0.1, 0.15) is 47.7 Å². The van der Waals surface area contributed by atoms with E-state index in [9.17, 15) is 4.79 Å². The van der Waals surface area contributed by atoms with Crippen molar-refractivity contribution in [1.29, 1.82) is 0 Å². The van der Waals surface area contributed by atoms with Crippen LogP contribution in [0.5, 0.6) is 0 Å². The van der Waals surface area contributed by atoms with Gasteiger partial charge in [-0.25, -0.2) is 19.4 Å². The fraction of sp³-hybridized carbons (Fsp3) is 0.625. The number of nitrogens with zero attached hydrogens (tertiary/aromatic N) is 5. The minimum Gasteiger partial charge on any atom is -0.328 e. The highest BCUT2D eigenvalue weighted by Crippen LogP contribution is 2.42. The molecule has 8 heteroatoms. The van der Waals surface area contributed by atoms with Gasteiger partial charge >= 0.3 is 6.03 Å². The molecule has 2 amide bonds. The van der Waals surface area contributed by atoms with Gasteiger partial charge in [0.2, 0.25) is 0 Å². The molecule has 2 aromatic rings. The average Bonchev–Trinajstić information content (AvgIpc) is 3.10. The Labute approximate surface area is 145 Å². The molecular weight excluding hydrogens is 324 g/mol. The Hall–Kier alpha value is -1.96. The number of thiazole rings is 1. The summed E-state index contributed by atoms with van der Waals surface area (Å²) in [5.41, 5.74) is 0. The molecule has 1 N–H and O–H groups in total. The van der Waals surface area contributed by atoms with Crippen LogP contribution >= 0.6 is 11.3 Å². The number of likely N-dealkylation sites (tertiary alicyclic amines) is 1. The summed E-state index contributed by atoms with van der Waals surface area (Å²) in [5.74, 6) is 0.548. The summed E-state index contributed by atoms with van der Waals surface area (Å²) in [7, 11) is 0. The van der Waals surface area contributed by atoms with E-state index in [1.807, 2.05) is 15.8 Å². The zero-order chi connectivity index (χ0) is 16.5. The van der Waals surface area contributed by atoms with Gasteiger partial charge in [-0.3, -0.25) is 0 Å². The van der Waals surface area contributed by atoms with Crippen molar-refractivity contribution < 1.29 is 4.79 Å². The van der Waals surface area contributed by atoms with Crippen LogP contribution in [0.25, 0.3) is 0 Å².